The molecule has 0 radical (unpaired) electrons. The predicted molar refractivity (Wildman–Crippen MR) is 67.1 cm³/mol. The summed E-state index contributed by atoms with van der Waals surface area (Å²) < 4.78 is 0. The summed E-state index contributed by atoms with van der Waals surface area (Å²) in [7, 11) is 0. The Kier molecular flexibility index (Phi) is 3.37. The van der Waals surface area contributed by atoms with Crippen LogP contribution in [0.25, 0.3) is 10.9 Å². The summed E-state index contributed by atoms with van der Waals surface area (Å²) in [5, 5.41) is 2.50. The molecule has 1 aromatic heterocycles. The average molecular weight is 215 g/mol. The van der Waals surface area contributed by atoms with Gasteiger partial charge in [-0.05, 0) is 18.6 Å². The van der Waals surface area contributed by atoms with Gasteiger partial charge < -0.3 is 4.98 Å². The van der Waals surface area contributed by atoms with Crippen molar-refractivity contribution in [3.63, 3.8) is 0 Å². The van der Waals surface area contributed by atoms with Crippen LogP contribution in [0.3, 0.4) is 0 Å². The fourth-order valence-corrected chi connectivity index (χ4v) is 2.38. The third kappa shape index (κ3) is 2.57. The number of H-pyrrole nitrogens is 1. The van der Waals surface area contributed by atoms with Crippen molar-refractivity contribution < 1.29 is 0 Å². The van der Waals surface area contributed by atoms with Crippen LogP contribution in [0, 0.1) is 12.3 Å². The van der Waals surface area contributed by atoms with Crippen LogP contribution >= 0.6 is 11.8 Å². The second kappa shape index (κ2) is 4.95. The summed E-state index contributed by atoms with van der Waals surface area (Å²) >= 11 is 1.83. The first kappa shape index (κ1) is 10.2. The minimum Gasteiger partial charge on any atom is -0.350 e. The van der Waals surface area contributed by atoms with Gasteiger partial charge in [0, 0.05) is 23.1 Å². The van der Waals surface area contributed by atoms with E-state index >= 15 is 0 Å². The standard InChI is InChI=1S/C13H13NS/c1-2-3-6-9-15-13-10-11-7-4-5-8-12(11)14-13/h1,4-5,7-8,10,14H,3,6,9H2. The zero-order chi connectivity index (χ0) is 10.5. The van der Waals surface area contributed by atoms with Gasteiger partial charge >= 0.3 is 0 Å². The second-order valence-electron chi connectivity index (χ2n) is 3.38. The maximum absolute atomic E-state index is 5.20. The normalized spacial score (nSPS) is 10.3. The van der Waals surface area contributed by atoms with Crippen molar-refractivity contribution in [1.29, 1.82) is 0 Å². The van der Waals surface area contributed by atoms with E-state index in [4.69, 9.17) is 6.42 Å². The minimum absolute atomic E-state index is 0.868. The summed E-state index contributed by atoms with van der Waals surface area (Å²) in [6.45, 7) is 0. The van der Waals surface area contributed by atoms with Crippen molar-refractivity contribution in [1.82, 2.24) is 4.98 Å². The maximum atomic E-state index is 5.20. The molecule has 0 spiro atoms. The molecule has 0 saturated carbocycles. The van der Waals surface area contributed by atoms with Gasteiger partial charge in [-0.25, -0.2) is 0 Å². The molecule has 0 fully saturated rings. The molecule has 2 aromatic rings. The molecule has 76 valence electrons. The largest absolute Gasteiger partial charge is 0.350 e. The first-order valence-corrected chi connectivity index (χ1v) is 6.03. The van der Waals surface area contributed by atoms with Crippen molar-refractivity contribution in [2.75, 3.05) is 5.75 Å². The SMILES string of the molecule is C#CCCCSc1cc2ccccc2[nH]1. The monoisotopic (exact) mass is 215 g/mol. The first-order valence-electron chi connectivity index (χ1n) is 5.04. The van der Waals surface area contributed by atoms with Gasteiger partial charge in [0.25, 0.3) is 0 Å². The third-order valence-corrected chi connectivity index (χ3v) is 3.25. The lowest BCUT2D eigenvalue weighted by Crippen LogP contribution is -1.78. The third-order valence-electron chi connectivity index (χ3n) is 2.23. The molecule has 15 heavy (non-hydrogen) atoms. The number of rotatable bonds is 4. The molecule has 0 bridgehead atoms. The van der Waals surface area contributed by atoms with Gasteiger partial charge in [0.15, 0.2) is 0 Å². The lowest BCUT2D eigenvalue weighted by atomic mass is 10.3. The van der Waals surface area contributed by atoms with Crippen molar-refractivity contribution >= 4 is 22.7 Å². The quantitative estimate of drug-likeness (QED) is 0.467. The Morgan fingerprint density at radius 1 is 1.33 bits per heavy atom. The van der Waals surface area contributed by atoms with Crippen LogP contribution in [0.4, 0.5) is 0 Å². The number of hydrogen-bond acceptors (Lipinski definition) is 1. The number of hydrogen-bond donors (Lipinski definition) is 1. The summed E-state index contributed by atoms with van der Waals surface area (Å²) in [5.74, 6) is 3.74. The van der Waals surface area contributed by atoms with Crippen LogP contribution in [0.5, 0.6) is 0 Å². The van der Waals surface area contributed by atoms with Gasteiger partial charge in [-0.3, -0.25) is 0 Å². The Balaban J connectivity index is 2.00. The van der Waals surface area contributed by atoms with E-state index in [1.54, 1.807) is 0 Å². The molecule has 1 N–H and O–H groups in total. The zero-order valence-corrected chi connectivity index (χ0v) is 9.31. The molecule has 0 aliphatic rings. The van der Waals surface area contributed by atoms with Crippen molar-refractivity contribution in [3.05, 3.63) is 30.3 Å². The van der Waals surface area contributed by atoms with Crippen LogP contribution in [-0.2, 0) is 0 Å². The van der Waals surface area contributed by atoms with Gasteiger partial charge in [0.1, 0.15) is 0 Å². The summed E-state index contributed by atoms with van der Waals surface area (Å²) in [4.78, 5) is 3.38. The highest BCUT2D eigenvalue weighted by atomic mass is 32.2. The molecule has 0 aliphatic heterocycles. The van der Waals surface area contributed by atoms with Gasteiger partial charge in [0.05, 0.1) is 5.03 Å². The number of aromatic nitrogens is 1. The second-order valence-corrected chi connectivity index (χ2v) is 4.51. The summed E-state index contributed by atoms with van der Waals surface area (Å²) in [6.07, 6.45) is 7.15. The molecule has 1 heterocycles. The molecule has 1 aromatic carbocycles. The van der Waals surface area contributed by atoms with Crippen molar-refractivity contribution in [2.24, 2.45) is 0 Å². The van der Waals surface area contributed by atoms with E-state index in [1.165, 1.54) is 15.9 Å². The number of terminal acetylenes is 1. The first-order chi connectivity index (χ1) is 7.40. The highest BCUT2D eigenvalue weighted by Gasteiger charge is 1.99. The Bertz CT molecular complexity index is 445. The van der Waals surface area contributed by atoms with Gasteiger partial charge in [-0.1, -0.05) is 18.2 Å². The van der Waals surface area contributed by atoms with Crippen LogP contribution in [-0.4, -0.2) is 10.7 Å². The average Bonchev–Trinajstić information content (AvgIpc) is 2.67. The lowest BCUT2D eigenvalue weighted by Gasteiger charge is -1.94. The molecule has 2 rings (SSSR count). The highest BCUT2D eigenvalue weighted by molar-refractivity contribution is 7.99. The topological polar surface area (TPSA) is 15.8 Å². The summed E-state index contributed by atoms with van der Waals surface area (Å²) in [5.41, 5.74) is 1.21. The molecular formula is C13H13NS. The van der Waals surface area contributed by atoms with E-state index in [-0.39, 0.29) is 0 Å². The van der Waals surface area contributed by atoms with Crippen LogP contribution in [0.15, 0.2) is 35.4 Å². The van der Waals surface area contributed by atoms with Crippen LogP contribution in [0.1, 0.15) is 12.8 Å². The molecule has 0 unspecified atom stereocenters. The molecule has 0 atom stereocenters. The number of fused-ring (bicyclic) bond motifs is 1. The molecule has 1 nitrogen and oxygen atoms in total. The number of unbranched alkanes of at least 4 members (excludes halogenated alkanes) is 1. The fourth-order valence-electron chi connectivity index (χ4n) is 1.48. The summed E-state index contributed by atoms with van der Waals surface area (Å²) in [6, 6.07) is 10.5. The number of nitrogens with one attached hydrogen (secondary N) is 1. The fraction of sp³-hybridized carbons (Fsp3) is 0.231. The number of para-hydroxylation sites is 1. The Morgan fingerprint density at radius 2 is 2.20 bits per heavy atom. The van der Waals surface area contributed by atoms with Gasteiger partial charge in [0.2, 0.25) is 0 Å². The molecule has 0 amide bonds. The van der Waals surface area contributed by atoms with Crippen molar-refractivity contribution in [2.45, 2.75) is 17.9 Å². The van der Waals surface area contributed by atoms with Gasteiger partial charge in [-0.15, -0.1) is 24.1 Å². The van der Waals surface area contributed by atoms with Crippen LogP contribution < -0.4 is 0 Å². The number of aromatic amines is 1. The van der Waals surface area contributed by atoms with Crippen LogP contribution in [0.2, 0.25) is 0 Å². The van der Waals surface area contributed by atoms with E-state index in [1.807, 2.05) is 17.8 Å². The van der Waals surface area contributed by atoms with E-state index in [0.717, 1.165) is 18.6 Å². The van der Waals surface area contributed by atoms with Gasteiger partial charge in [-0.2, -0.15) is 0 Å². The smallest absolute Gasteiger partial charge is 0.0732 e. The van der Waals surface area contributed by atoms with E-state index in [9.17, 15) is 0 Å². The zero-order valence-electron chi connectivity index (χ0n) is 8.49. The number of benzene rings is 1. The van der Waals surface area contributed by atoms with E-state index in [0.29, 0.717) is 0 Å². The van der Waals surface area contributed by atoms with E-state index < -0.39 is 0 Å². The maximum Gasteiger partial charge on any atom is 0.0732 e. The predicted octanol–water partition coefficient (Wildman–Crippen LogP) is 3.67. The Morgan fingerprint density at radius 3 is 3.00 bits per heavy atom. The van der Waals surface area contributed by atoms with Crippen molar-refractivity contribution in [3.8, 4) is 12.3 Å². The Hall–Kier alpha value is -1.33. The minimum atomic E-state index is 0.868. The molecule has 0 aliphatic carbocycles. The molecular weight excluding hydrogens is 202 g/mol. The lowest BCUT2D eigenvalue weighted by molar-refractivity contribution is 0.995. The number of thioether (sulfide) groups is 1. The molecule has 0 saturated heterocycles. The van der Waals surface area contributed by atoms with E-state index in [2.05, 4.69) is 35.2 Å². The molecule has 2 heteroatoms. The Labute approximate surface area is 94.3 Å². The highest BCUT2D eigenvalue weighted by Crippen LogP contribution is 2.23.